The third-order valence-electron chi connectivity index (χ3n) is 2.62. The number of ether oxygens (including phenoxy) is 4. The molecule has 0 spiro atoms. The van der Waals surface area contributed by atoms with Gasteiger partial charge in [-0.2, -0.15) is 6.61 Å². The van der Waals surface area contributed by atoms with Gasteiger partial charge >= 0.3 is 0 Å². The molecule has 0 bridgehead atoms. The van der Waals surface area contributed by atoms with Crippen molar-refractivity contribution in [2.24, 2.45) is 0 Å². The summed E-state index contributed by atoms with van der Waals surface area (Å²) >= 11 is 0. The summed E-state index contributed by atoms with van der Waals surface area (Å²) < 4.78 is 21.5. The fourth-order valence-electron chi connectivity index (χ4n) is 1.80. The van der Waals surface area contributed by atoms with Crippen LogP contribution in [0.2, 0.25) is 0 Å². The number of hydrogen-bond acceptors (Lipinski definition) is 4. The largest absolute Gasteiger partial charge is 0.545 e. The summed E-state index contributed by atoms with van der Waals surface area (Å²) in [6.07, 6.45) is 0.624. The number of rotatable bonds is 4. The average Bonchev–Trinajstić information content (AvgIpc) is 2.26. The molecule has 1 radical (unpaired) electrons. The summed E-state index contributed by atoms with van der Waals surface area (Å²) in [5.41, 5.74) is 0. The summed E-state index contributed by atoms with van der Waals surface area (Å²) in [5, 5.41) is 0. The van der Waals surface area contributed by atoms with Crippen LogP contribution < -0.4 is 0 Å². The van der Waals surface area contributed by atoms with E-state index in [0.29, 0.717) is 0 Å². The molecule has 5 heteroatoms. The van der Waals surface area contributed by atoms with Gasteiger partial charge in [0, 0.05) is 54.0 Å². The van der Waals surface area contributed by atoms with E-state index in [1.807, 2.05) is 0 Å². The summed E-state index contributed by atoms with van der Waals surface area (Å²) in [5.74, 6) is 0. The fraction of sp³-hybridized carbons (Fsp3) is 0.818. The standard InChI is InChI=1S/C10H19O4.CH3.Y/c1-5-7-9(12-3)10(13-4)8(11-2)6-14-7;;/h6-10H,5H2,1-4H3;1H3;/q2*-1;. The van der Waals surface area contributed by atoms with E-state index in [2.05, 4.69) is 6.92 Å². The zero-order valence-electron chi connectivity index (χ0n) is 10.8. The van der Waals surface area contributed by atoms with Crippen LogP contribution in [0.1, 0.15) is 13.3 Å². The molecule has 1 fully saturated rings. The molecule has 0 aliphatic carbocycles. The van der Waals surface area contributed by atoms with Gasteiger partial charge in [-0.3, -0.25) is 0 Å². The molecule has 4 nitrogen and oxygen atoms in total. The molecule has 1 saturated heterocycles. The summed E-state index contributed by atoms with van der Waals surface area (Å²) in [4.78, 5) is 0. The third-order valence-corrected chi connectivity index (χ3v) is 2.62. The Labute approximate surface area is 124 Å². The van der Waals surface area contributed by atoms with Crippen molar-refractivity contribution in [2.45, 2.75) is 37.8 Å². The molecule has 0 amide bonds. The second-order valence-electron chi connectivity index (χ2n) is 3.32. The van der Waals surface area contributed by atoms with Gasteiger partial charge in [0.2, 0.25) is 0 Å². The normalized spacial score (nSPS) is 33.8. The molecule has 16 heavy (non-hydrogen) atoms. The van der Waals surface area contributed by atoms with Crippen molar-refractivity contribution >= 4 is 0 Å². The molecule has 0 N–H and O–H groups in total. The van der Waals surface area contributed by atoms with E-state index >= 15 is 0 Å². The van der Waals surface area contributed by atoms with Gasteiger partial charge in [0.25, 0.3) is 0 Å². The predicted octanol–water partition coefficient (Wildman–Crippen LogP) is 1.45. The molecule has 1 heterocycles. The van der Waals surface area contributed by atoms with Crippen LogP contribution in [0.5, 0.6) is 0 Å². The second kappa shape index (κ2) is 9.92. The Bertz CT molecular complexity index is 150. The second-order valence-corrected chi connectivity index (χ2v) is 3.32. The third kappa shape index (κ3) is 4.32. The summed E-state index contributed by atoms with van der Waals surface area (Å²) in [6, 6.07) is 0. The zero-order valence-corrected chi connectivity index (χ0v) is 13.6. The van der Waals surface area contributed by atoms with Gasteiger partial charge in [0.05, 0.1) is 12.2 Å². The Hall–Kier alpha value is 0.944. The summed E-state index contributed by atoms with van der Waals surface area (Å²) in [7, 11) is 4.96. The van der Waals surface area contributed by atoms with E-state index in [9.17, 15) is 0 Å². The minimum atomic E-state index is -0.159. The first-order valence-corrected chi connectivity index (χ1v) is 4.85. The van der Waals surface area contributed by atoms with Gasteiger partial charge in [-0.25, -0.2) is 0 Å². The van der Waals surface area contributed by atoms with Gasteiger partial charge in [0.1, 0.15) is 6.10 Å². The molecule has 1 aliphatic rings. The Morgan fingerprint density at radius 2 is 1.62 bits per heavy atom. The molecule has 0 aromatic carbocycles. The molecular weight excluding hydrogens is 285 g/mol. The van der Waals surface area contributed by atoms with E-state index in [-0.39, 0.29) is 64.6 Å². The van der Waals surface area contributed by atoms with Crippen molar-refractivity contribution in [1.29, 1.82) is 0 Å². The minimum absolute atomic E-state index is 0. The molecule has 0 aromatic rings. The predicted molar refractivity (Wildman–Crippen MR) is 58.3 cm³/mol. The van der Waals surface area contributed by atoms with Crippen molar-refractivity contribution < 1.29 is 51.7 Å². The molecule has 1 rings (SSSR count). The summed E-state index contributed by atoms with van der Waals surface area (Å²) in [6.45, 7) is 3.75. The van der Waals surface area contributed by atoms with Crippen LogP contribution in [-0.4, -0.2) is 45.7 Å². The van der Waals surface area contributed by atoms with Crippen LogP contribution in [-0.2, 0) is 51.7 Å². The van der Waals surface area contributed by atoms with Crippen LogP contribution in [0.4, 0.5) is 0 Å². The van der Waals surface area contributed by atoms with Gasteiger partial charge in [-0.05, 0) is 12.5 Å². The van der Waals surface area contributed by atoms with Crippen molar-refractivity contribution in [2.75, 3.05) is 21.3 Å². The van der Waals surface area contributed by atoms with E-state index in [0.717, 1.165) is 6.42 Å². The van der Waals surface area contributed by atoms with Crippen LogP contribution >= 0.6 is 0 Å². The smallest absolute Gasteiger partial charge is 0.106 e. The maximum Gasteiger partial charge on any atom is 0.106 e. The van der Waals surface area contributed by atoms with Gasteiger partial charge in [-0.15, -0.1) is 0 Å². The van der Waals surface area contributed by atoms with E-state index in [1.165, 1.54) is 0 Å². The Kier molecular flexibility index (Phi) is 12.0. The van der Waals surface area contributed by atoms with Crippen molar-refractivity contribution in [3.05, 3.63) is 14.0 Å². The fourth-order valence-corrected chi connectivity index (χ4v) is 1.80. The molecule has 1 aliphatic heterocycles. The number of methoxy groups -OCH3 is 3. The Morgan fingerprint density at radius 1 is 1.06 bits per heavy atom. The first-order chi connectivity index (χ1) is 6.78. The molecule has 4 unspecified atom stereocenters. The van der Waals surface area contributed by atoms with Gasteiger partial charge in [-0.1, -0.05) is 6.92 Å². The van der Waals surface area contributed by atoms with Gasteiger partial charge in [0.15, 0.2) is 0 Å². The molecule has 0 saturated carbocycles. The Morgan fingerprint density at radius 3 is 2.00 bits per heavy atom. The zero-order chi connectivity index (χ0) is 10.6. The monoisotopic (exact) mass is 307 g/mol. The first-order valence-electron chi connectivity index (χ1n) is 4.85. The van der Waals surface area contributed by atoms with Crippen molar-refractivity contribution in [3.8, 4) is 0 Å². The van der Waals surface area contributed by atoms with Crippen LogP contribution in [0.3, 0.4) is 0 Å². The quantitative estimate of drug-likeness (QED) is 0.737. The van der Waals surface area contributed by atoms with E-state index < -0.39 is 0 Å². The average molecular weight is 307 g/mol. The maximum atomic E-state index is 5.51. The first kappa shape index (κ1) is 19.3. The van der Waals surface area contributed by atoms with Crippen molar-refractivity contribution in [1.82, 2.24) is 0 Å². The van der Waals surface area contributed by atoms with Crippen molar-refractivity contribution in [3.63, 3.8) is 0 Å². The SMILES string of the molecule is CCC1O[CH-]C(OC)C(OC)C1OC.[CH3-].[Y]. The Balaban J connectivity index is 0. The maximum absolute atomic E-state index is 5.51. The molecule has 95 valence electrons. The molecular formula is C11H22O4Y-2. The van der Waals surface area contributed by atoms with Gasteiger partial charge < -0.3 is 26.4 Å². The minimum Gasteiger partial charge on any atom is -0.545 e. The van der Waals surface area contributed by atoms with Crippen LogP contribution in [0.15, 0.2) is 0 Å². The number of hydrogen-bond donors (Lipinski definition) is 0. The topological polar surface area (TPSA) is 36.9 Å². The van der Waals surface area contributed by atoms with E-state index in [4.69, 9.17) is 18.9 Å². The molecule has 0 aromatic heterocycles. The van der Waals surface area contributed by atoms with Crippen LogP contribution in [0, 0.1) is 14.0 Å². The van der Waals surface area contributed by atoms with E-state index in [1.54, 1.807) is 27.9 Å². The molecule has 4 atom stereocenters. The van der Waals surface area contributed by atoms with Crippen LogP contribution in [0.25, 0.3) is 0 Å².